The molecule has 0 saturated carbocycles. The van der Waals surface area contributed by atoms with Crippen LogP contribution in [-0.2, 0) is 14.6 Å². The minimum atomic E-state index is -3.08. The van der Waals surface area contributed by atoms with E-state index in [1.54, 1.807) is 20.9 Å². The molecule has 0 aromatic heterocycles. The smallest absolute Gasteiger partial charge is 0.193 e. The summed E-state index contributed by atoms with van der Waals surface area (Å²) in [4.78, 5) is 8.95. The maximum atomic E-state index is 12.3. The topological polar surface area (TPSA) is 74.2 Å². The van der Waals surface area contributed by atoms with E-state index < -0.39 is 14.6 Å². The molecule has 2 saturated heterocycles. The average molecular weight is 551 g/mol. The molecule has 2 aliphatic heterocycles. The zero-order valence-corrected chi connectivity index (χ0v) is 21.6. The van der Waals surface area contributed by atoms with Gasteiger partial charge < -0.3 is 15.0 Å². The number of aliphatic imine (C=N–C) groups is 1. The molecule has 1 N–H and O–H groups in total. The number of guanidine groups is 1. The molecule has 0 bridgehead atoms. The molecule has 0 radical (unpaired) electrons. The monoisotopic (exact) mass is 550 g/mol. The van der Waals surface area contributed by atoms with Gasteiger partial charge in [-0.2, -0.15) is 0 Å². The molecule has 30 heavy (non-hydrogen) atoms. The zero-order valence-electron chi connectivity index (χ0n) is 18.4. The highest BCUT2D eigenvalue weighted by atomic mass is 127. The van der Waals surface area contributed by atoms with Crippen LogP contribution in [-0.4, -0.2) is 87.7 Å². The number of halogens is 1. The van der Waals surface area contributed by atoms with Crippen molar-refractivity contribution in [2.45, 2.75) is 31.6 Å². The summed E-state index contributed by atoms with van der Waals surface area (Å²) in [6.07, 6.45) is 0. The van der Waals surface area contributed by atoms with Crippen molar-refractivity contribution in [3.8, 4) is 0 Å². The predicted octanol–water partition coefficient (Wildman–Crippen LogP) is 2.07. The number of nitrogens with one attached hydrogen (secondary N) is 1. The molecule has 2 fully saturated rings. The molecule has 2 aliphatic rings. The fourth-order valence-electron chi connectivity index (χ4n) is 3.98. The summed E-state index contributed by atoms with van der Waals surface area (Å²) in [5.74, 6) is 0.921. The third-order valence-electron chi connectivity index (χ3n) is 5.96. The van der Waals surface area contributed by atoms with Crippen molar-refractivity contribution < 1.29 is 13.2 Å². The highest BCUT2D eigenvalue weighted by Crippen LogP contribution is 2.25. The molecule has 9 heteroatoms. The van der Waals surface area contributed by atoms with Crippen LogP contribution in [0.15, 0.2) is 29.3 Å². The van der Waals surface area contributed by atoms with Gasteiger partial charge in [-0.1, -0.05) is 29.8 Å². The minimum Gasteiger partial charge on any atom is -0.379 e. The Balaban J connectivity index is 0.00000320. The lowest BCUT2D eigenvalue weighted by Gasteiger charge is -2.40. The van der Waals surface area contributed by atoms with E-state index in [9.17, 15) is 8.42 Å². The first-order valence-electron chi connectivity index (χ1n) is 10.3. The van der Waals surface area contributed by atoms with Gasteiger partial charge in [-0.15, -0.1) is 24.0 Å². The van der Waals surface area contributed by atoms with Crippen LogP contribution in [0.25, 0.3) is 0 Å². The zero-order chi connectivity index (χ0) is 21.1. The summed E-state index contributed by atoms with van der Waals surface area (Å²) in [5.41, 5.74) is 2.51. The first kappa shape index (κ1) is 25.4. The van der Waals surface area contributed by atoms with E-state index in [1.807, 2.05) is 0 Å². The van der Waals surface area contributed by atoms with Crippen molar-refractivity contribution >= 4 is 39.8 Å². The van der Waals surface area contributed by atoms with Crippen LogP contribution in [0.5, 0.6) is 0 Å². The molecule has 170 valence electrons. The number of nitrogens with zero attached hydrogens (tertiary/aromatic N) is 3. The van der Waals surface area contributed by atoms with Gasteiger partial charge in [-0.05, 0) is 26.3 Å². The summed E-state index contributed by atoms with van der Waals surface area (Å²) in [6.45, 7) is 10.6. The number of rotatable bonds is 4. The van der Waals surface area contributed by atoms with Crippen molar-refractivity contribution in [2.75, 3.05) is 58.7 Å². The minimum absolute atomic E-state index is 0. The SMILES string of the molecule is CN=C(NCC(c1ccc(C)cc1)N1CCOCC1)N1CCS(=O)(=O)C(C)(C)C1.I. The van der Waals surface area contributed by atoms with E-state index in [4.69, 9.17) is 4.74 Å². The molecular weight excluding hydrogens is 515 g/mol. The van der Waals surface area contributed by atoms with Crippen LogP contribution >= 0.6 is 24.0 Å². The second-order valence-electron chi connectivity index (χ2n) is 8.50. The Kier molecular flexibility index (Phi) is 8.96. The largest absolute Gasteiger partial charge is 0.379 e. The maximum absolute atomic E-state index is 12.3. The number of hydrogen-bond donors (Lipinski definition) is 1. The van der Waals surface area contributed by atoms with Crippen molar-refractivity contribution in [2.24, 2.45) is 4.99 Å². The van der Waals surface area contributed by atoms with Gasteiger partial charge in [-0.25, -0.2) is 8.42 Å². The van der Waals surface area contributed by atoms with Crippen LogP contribution in [0.4, 0.5) is 0 Å². The van der Waals surface area contributed by atoms with Gasteiger partial charge in [0.05, 0.1) is 29.8 Å². The normalized spacial score (nSPS) is 22.8. The van der Waals surface area contributed by atoms with Crippen molar-refractivity contribution in [3.63, 3.8) is 0 Å². The number of aryl methyl sites for hydroxylation is 1. The van der Waals surface area contributed by atoms with Crippen molar-refractivity contribution in [1.82, 2.24) is 15.1 Å². The van der Waals surface area contributed by atoms with E-state index >= 15 is 0 Å². The van der Waals surface area contributed by atoms with E-state index in [1.165, 1.54) is 11.1 Å². The lowest BCUT2D eigenvalue weighted by molar-refractivity contribution is 0.0169. The van der Waals surface area contributed by atoms with Gasteiger partial charge in [0.2, 0.25) is 0 Å². The molecule has 2 heterocycles. The molecule has 7 nitrogen and oxygen atoms in total. The van der Waals surface area contributed by atoms with Crippen molar-refractivity contribution in [3.05, 3.63) is 35.4 Å². The Bertz CT molecular complexity index is 821. The molecule has 0 amide bonds. The lowest BCUT2D eigenvalue weighted by atomic mass is 10.0. The molecule has 0 spiro atoms. The number of benzene rings is 1. The Morgan fingerprint density at radius 1 is 1.20 bits per heavy atom. The van der Waals surface area contributed by atoms with Crippen LogP contribution in [0.3, 0.4) is 0 Å². The first-order valence-corrected chi connectivity index (χ1v) is 11.9. The third kappa shape index (κ3) is 5.86. The van der Waals surface area contributed by atoms with E-state index in [-0.39, 0.29) is 35.8 Å². The third-order valence-corrected chi connectivity index (χ3v) is 8.49. The second-order valence-corrected chi connectivity index (χ2v) is 11.2. The fraction of sp³-hybridized carbons (Fsp3) is 0.667. The number of hydrogen-bond acceptors (Lipinski definition) is 5. The quantitative estimate of drug-likeness (QED) is 0.352. The summed E-state index contributed by atoms with van der Waals surface area (Å²) in [5, 5.41) is 3.51. The number of morpholine rings is 1. The Morgan fingerprint density at radius 3 is 2.40 bits per heavy atom. The molecule has 1 atom stereocenters. The highest BCUT2D eigenvalue weighted by molar-refractivity contribution is 14.0. The summed E-state index contributed by atoms with van der Waals surface area (Å²) in [7, 11) is -1.32. The summed E-state index contributed by atoms with van der Waals surface area (Å²) >= 11 is 0. The highest BCUT2D eigenvalue weighted by Gasteiger charge is 2.41. The standard InChI is InChI=1S/C21H34N4O3S.HI/c1-17-5-7-18(8-6-17)19(24-9-12-28-13-10-24)15-23-20(22-4)25-11-14-29(26,27)21(2,3)16-25;/h5-8,19H,9-16H2,1-4H3,(H,22,23);1H. The van der Waals surface area contributed by atoms with Crippen LogP contribution in [0, 0.1) is 6.92 Å². The molecule has 1 unspecified atom stereocenters. The van der Waals surface area contributed by atoms with Crippen molar-refractivity contribution in [1.29, 1.82) is 0 Å². The molecule has 1 aromatic carbocycles. The Hall–Kier alpha value is -0.910. The van der Waals surface area contributed by atoms with Gasteiger partial charge in [0.1, 0.15) is 0 Å². The van der Waals surface area contributed by atoms with E-state index in [0.29, 0.717) is 19.6 Å². The Labute approximate surface area is 198 Å². The van der Waals surface area contributed by atoms with E-state index in [2.05, 4.69) is 51.3 Å². The van der Waals surface area contributed by atoms with Crippen LogP contribution < -0.4 is 5.32 Å². The van der Waals surface area contributed by atoms with Gasteiger partial charge >= 0.3 is 0 Å². The predicted molar refractivity (Wildman–Crippen MR) is 133 cm³/mol. The molecule has 3 rings (SSSR count). The van der Waals surface area contributed by atoms with Gasteiger partial charge in [0.25, 0.3) is 0 Å². The molecular formula is C21H35IN4O3S. The Morgan fingerprint density at radius 2 is 1.83 bits per heavy atom. The second kappa shape index (κ2) is 10.6. The number of ether oxygens (including phenoxy) is 1. The first-order chi connectivity index (χ1) is 13.7. The van der Waals surface area contributed by atoms with Crippen LogP contribution in [0.1, 0.15) is 31.0 Å². The molecule has 0 aliphatic carbocycles. The van der Waals surface area contributed by atoms with Gasteiger partial charge in [-0.3, -0.25) is 9.89 Å². The molecule has 1 aromatic rings. The summed E-state index contributed by atoms with van der Waals surface area (Å²) < 4.78 is 29.4. The summed E-state index contributed by atoms with van der Waals surface area (Å²) in [6, 6.07) is 8.89. The fourth-order valence-corrected chi connectivity index (χ4v) is 5.35. The van der Waals surface area contributed by atoms with Crippen LogP contribution in [0.2, 0.25) is 0 Å². The number of sulfone groups is 1. The average Bonchev–Trinajstić information content (AvgIpc) is 2.69. The lowest BCUT2D eigenvalue weighted by Crippen LogP contribution is -2.58. The van der Waals surface area contributed by atoms with Gasteiger partial charge in [0, 0.05) is 39.8 Å². The maximum Gasteiger partial charge on any atom is 0.193 e. The van der Waals surface area contributed by atoms with E-state index in [0.717, 1.165) is 32.3 Å². The van der Waals surface area contributed by atoms with Gasteiger partial charge in [0.15, 0.2) is 15.8 Å².